The van der Waals surface area contributed by atoms with Crippen molar-refractivity contribution in [2.75, 3.05) is 13.2 Å². The predicted molar refractivity (Wildman–Crippen MR) is 113 cm³/mol. The molecule has 1 atom stereocenters. The lowest BCUT2D eigenvalue weighted by Gasteiger charge is -2.17. The lowest BCUT2D eigenvalue weighted by molar-refractivity contribution is 0.146. The molecule has 3 aromatic heterocycles. The number of ether oxygens (including phenoxy) is 2. The van der Waals surface area contributed by atoms with Gasteiger partial charge in [-0.15, -0.1) is 10.2 Å². The Morgan fingerprint density at radius 2 is 1.85 bits per heavy atom. The van der Waals surface area contributed by atoms with E-state index in [2.05, 4.69) is 15.2 Å². The minimum absolute atomic E-state index is 0.116. The standard InChI is InChI=1S/C24H19F3N4O2/c1-12-2-3-14(22(29-12)23(26)27)16-8-20-18(31-11-28-30-24(16)31)6-4-15-17(25)5-7-19-21(15)13(9-32-19)10-33-20/h2-3,5,7-8,11,13,23H,4,6,9-10H2,1H3/t13-/m1/s1. The SMILES string of the molecule is Cc1ccc(-c2cc3c(n4cnnc24)CCc2c(F)ccc4c2[C@H](CO4)CO3)c(C(F)F)n1. The molecule has 168 valence electrons. The summed E-state index contributed by atoms with van der Waals surface area (Å²) in [6.45, 7) is 2.35. The van der Waals surface area contributed by atoms with Gasteiger partial charge in [-0.1, -0.05) is 6.07 Å². The van der Waals surface area contributed by atoms with Crippen LogP contribution in [-0.2, 0) is 12.8 Å². The third-order valence-electron chi connectivity index (χ3n) is 6.36. The zero-order valence-corrected chi connectivity index (χ0v) is 17.7. The van der Waals surface area contributed by atoms with E-state index in [4.69, 9.17) is 9.47 Å². The summed E-state index contributed by atoms with van der Waals surface area (Å²) in [7, 11) is 0. The zero-order chi connectivity index (χ0) is 22.7. The van der Waals surface area contributed by atoms with Gasteiger partial charge in [-0.2, -0.15) is 0 Å². The molecule has 4 aromatic rings. The highest BCUT2D eigenvalue weighted by molar-refractivity contribution is 5.80. The number of halogens is 3. The maximum Gasteiger partial charge on any atom is 0.280 e. The maximum absolute atomic E-state index is 14.8. The van der Waals surface area contributed by atoms with Crippen LogP contribution < -0.4 is 9.47 Å². The molecule has 6 nitrogen and oxygen atoms in total. The van der Waals surface area contributed by atoms with E-state index in [0.29, 0.717) is 53.4 Å². The molecule has 2 aliphatic rings. The predicted octanol–water partition coefficient (Wildman–Crippen LogP) is 4.83. The Morgan fingerprint density at radius 1 is 1.03 bits per heavy atom. The van der Waals surface area contributed by atoms with Crippen molar-refractivity contribution < 1.29 is 22.6 Å². The van der Waals surface area contributed by atoms with E-state index in [1.165, 1.54) is 12.4 Å². The van der Waals surface area contributed by atoms with Crippen molar-refractivity contribution in [3.05, 3.63) is 70.7 Å². The fraction of sp³-hybridized carbons (Fsp3) is 0.292. The van der Waals surface area contributed by atoms with Crippen LogP contribution in [0.2, 0.25) is 0 Å². The first kappa shape index (κ1) is 20.0. The van der Waals surface area contributed by atoms with Gasteiger partial charge in [0, 0.05) is 22.4 Å². The van der Waals surface area contributed by atoms with Crippen molar-refractivity contribution in [3.63, 3.8) is 0 Å². The number of fused-ring (bicyclic) bond motifs is 3. The van der Waals surface area contributed by atoms with Crippen LogP contribution in [0.4, 0.5) is 13.2 Å². The summed E-state index contributed by atoms with van der Waals surface area (Å²) in [4.78, 5) is 4.06. The van der Waals surface area contributed by atoms with Gasteiger partial charge in [0.05, 0.1) is 24.8 Å². The summed E-state index contributed by atoms with van der Waals surface area (Å²) in [6, 6.07) is 8.13. The van der Waals surface area contributed by atoms with Crippen molar-refractivity contribution >= 4 is 5.65 Å². The van der Waals surface area contributed by atoms with Gasteiger partial charge in [-0.25, -0.2) is 13.2 Å². The van der Waals surface area contributed by atoms with Crippen LogP contribution in [0.5, 0.6) is 11.5 Å². The van der Waals surface area contributed by atoms with Gasteiger partial charge in [0.15, 0.2) is 5.65 Å². The molecular formula is C24H19F3N4O2. The number of hydrogen-bond donors (Lipinski definition) is 0. The molecule has 0 radical (unpaired) electrons. The molecule has 0 fully saturated rings. The molecule has 0 unspecified atom stereocenters. The number of aryl methyl sites for hydroxylation is 2. The summed E-state index contributed by atoms with van der Waals surface area (Å²) in [5.41, 5.74) is 3.58. The molecular weight excluding hydrogens is 433 g/mol. The average molecular weight is 452 g/mol. The smallest absolute Gasteiger partial charge is 0.280 e. The fourth-order valence-corrected chi connectivity index (χ4v) is 4.83. The van der Waals surface area contributed by atoms with E-state index in [0.717, 1.165) is 11.3 Å². The van der Waals surface area contributed by atoms with Gasteiger partial charge < -0.3 is 9.47 Å². The maximum atomic E-state index is 14.8. The number of nitrogens with zero attached hydrogens (tertiary/aromatic N) is 4. The first-order valence-electron chi connectivity index (χ1n) is 10.7. The number of rotatable bonds is 2. The van der Waals surface area contributed by atoms with Crippen molar-refractivity contribution in [1.82, 2.24) is 19.6 Å². The minimum atomic E-state index is -2.75. The fourth-order valence-electron chi connectivity index (χ4n) is 4.83. The van der Waals surface area contributed by atoms with Gasteiger partial charge >= 0.3 is 0 Å². The first-order chi connectivity index (χ1) is 16.0. The van der Waals surface area contributed by atoms with E-state index in [1.807, 2.05) is 0 Å². The number of aromatic nitrogens is 4. The first-order valence-corrected chi connectivity index (χ1v) is 10.7. The van der Waals surface area contributed by atoms with Crippen LogP contribution in [0.25, 0.3) is 16.8 Å². The van der Waals surface area contributed by atoms with E-state index in [9.17, 15) is 13.2 Å². The molecule has 5 heterocycles. The molecule has 0 amide bonds. The van der Waals surface area contributed by atoms with Gasteiger partial charge in [0.25, 0.3) is 6.43 Å². The Kier molecular flexibility index (Phi) is 4.53. The molecule has 9 heteroatoms. The Balaban J connectivity index is 1.53. The van der Waals surface area contributed by atoms with Crippen LogP contribution in [0.3, 0.4) is 0 Å². The van der Waals surface area contributed by atoms with Crippen LogP contribution in [0.1, 0.15) is 40.6 Å². The Bertz CT molecular complexity index is 1400. The third kappa shape index (κ3) is 3.13. The van der Waals surface area contributed by atoms with Crippen molar-refractivity contribution in [2.24, 2.45) is 0 Å². The van der Waals surface area contributed by atoms with Gasteiger partial charge in [-0.05, 0) is 49.6 Å². The van der Waals surface area contributed by atoms with Crippen molar-refractivity contribution in [3.8, 4) is 22.6 Å². The summed E-state index contributed by atoms with van der Waals surface area (Å²) < 4.78 is 56.2. The van der Waals surface area contributed by atoms with E-state index < -0.39 is 6.43 Å². The van der Waals surface area contributed by atoms with Crippen LogP contribution in [0.15, 0.2) is 36.7 Å². The average Bonchev–Trinajstić information content (AvgIpc) is 3.45. The zero-order valence-electron chi connectivity index (χ0n) is 17.7. The molecule has 1 aromatic carbocycles. The number of alkyl halides is 2. The van der Waals surface area contributed by atoms with Crippen LogP contribution >= 0.6 is 0 Å². The second-order valence-corrected chi connectivity index (χ2v) is 8.34. The molecule has 0 spiro atoms. The lowest BCUT2D eigenvalue weighted by Crippen LogP contribution is -2.13. The van der Waals surface area contributed by atoms with Gasteiger partial charge in [0.2, 0.25) is 0 Å². The summed E-state index contributed by atoms with van der Waals surface area (Å²) in [5.74, 6) is 0.833. The third-order valence-corrected chi connectivity index (χ3v) is 6.36. The summed E-state index contributed by atoms with van der Waals surface area (Å²) in [5, 5.41) is 8.22. The van der Waals surface area contributed by atoms with Crippen LogP contribution in [0, 0.1) is 12.7 Å². The van der Waals surface area contributed by atoms with Crippen molar-refractivity contribution in [2.45, 2.75) is 32.1 Å². The molecule has 0 saturated carbocycles. The quantitative estimate of drug-likeness (QED) is 0.436. The highest BCUT2D eigenvalue weighted by atomic mass is 19.3. The molecule has 2 aliphatic heterocycles. The highest BCUT2D eigenvalue weighted by Gasteiger charge is 2.32. The summed E-state index contributed by atoms with van der Waals surface area (Å²) in [6.07, 6.45) is -0.326. The number of pyridine rings is 2. The second kappa shape index (κ2) is 7.47. The van der Waals surface area contributed by atoms with Crippen molar-refractivity contribution in [1.29, 1.82) is 0 Å². The number of benzene rings is 1. The lowest BCUT2D eigenvalue weighted by atomic mass is 9.93. The topological polar surface area (TPSA) is 61.5 Å². The molecule has 0 aliphatic carbocycles. The van der Waals surface area contributed by atoms with Gasteiger partial charge in [0.1, 0.15) is 29.3 Å². The highest BCUT2D eigenvalue weighted by Crippen LogP contribution is 2.42. The Hall–Kier alpha value is -3.62. The summed E-state index contributed by atoms with van der Waals surface area (Å²) >= 11 is 0. The Morgan fingerprint density at radius 3 is 2.67 bits per heavy atom. The normalized spacial score (nSPS) is 17.1. The van der Waals surface area contributed by atoms with E-state index >= 15 is 0 Å². The molecule has 0 bridgehead atoms. The van der Waals surface area contributed by atoms with E-state index in [-0.39, 0.29) is 29.6 Å². The minimum Gasteiger partial charge on any atom is -0.493 e. The van der Waals surface area contributed by atoms with E-state index in [1.54, 1.807) is 35.6 Å². The second-order valence-electron chi connectivity index (χ2n) is 8.34. The largest absolute Gasteiger partial charge is 0.493 e. The number of hydrogen-bond acceptors (Lipinski definition) is 5. The monoisotopic (exact) mass is 452 g/mol. The van der Waals surface area contributed by atoms with Gasteiger partial charge in [-0.3, -0.25) is 9.38 Å². The molecule has 6 rings (SSSR count). The Labute approximate surface area is 187 Å². The molecule has 0 N–H and O–H groups in total. The van der Waals surface area contributed by atoms with Crippen LogP contribution in [-0.4, -0.2) is 32.8 Å². The molecule has 0 saturated heterocycles. The molecule has 33 heavy (non-hydrogen) atoms.